The van der Waals surface area contributed by atoms with Gasteiger partial charge >= 0.3 is 0 Å². The summed E-state index contributed by atoms with van der Waals surface area (Å²) in [4.78, 5) is 4.41. The standard InChI is InChI=1S/C16H21ClN2O2S/c1-10(19-22(20)16(2,3)4)13-9-11-8-12(21-5)6-7-14(11)18-15(13)17/h6-10,19H,1-5H3/t10?,22-/m0/s1. The minimum Gasteiger partial charge on any atom is -0.497 e. The summed E-state index contributed by atoms with van der Waals surface area (Å²) in [5.41, 5.74) is 1.62. The molecule has 0 saturated carbocycles. The minimum absolute atomic E-state index is 0.171. The molecule has 0 aliphatic rings. The summed E-state index contributed by atoms with van der Waals surface area (Å²) in [6, 6.07) is 7.42. The zero-order valence-corrected chi connectivity index (χ0v) is 15.0. The normalized spacial score (nSPS) is 14.8. The molecule has 1 aromatic carbocycles. The fraction of sp³-hybridized carbons (Fsp3) is 0.438. The highest BCUT2D eigenvalue weighted by Gasteiger charge is 2.23. The predicted octanol–water partition coefficient (Wildman–Crippen LogP) is 4.01. The summed E-state index contributed by atoms with van der Waals surface area (Å²) in [5, 5.41) is 1.36. The Morgan fingerprint density at radius 1 is 1.32 bits per heavy atom. The number of hydrogen-bond acceptors (Lipinski definition) is 3. The van der Waals surface area contributed by atoms with E-state index in [0.29, 0.717) is 5.15 Å². The zero-order chi connectivity index (χ0) is 16.5. The molecular formula is C16H21ClN2O2S. The fourth-order valence-corrected chi connectivity index (χ4v) is 3.09. The van der Waals surface area contributed by atoms with Crippen LogP contribution in [0.2, 0.25) is 5.15 Å². The molecule has 0 amide bonds. The van der Waals surface area contributed by atoms with Crippen LogP contribution in [-0.4, -0.2) is 21.0 Å². The second-order valence-electron chi connectivity index (χ2n) is 6.15. The van der Waals surface area contributed by atoms with E-state index in [2.05, 4.69) is 9.71 Å². The zero-order valence-electron chi connectivity index (χ0n) is 13.4. The van der Waals surface area contributed by atoms with Gasteiger partial charge in [0.15, 0.2) is 0 Å². The Labute approximate surface area is 138 Å². The van der Waals surface area contributed by atoms with E-state index in [9.17, 15) is 4.21 Å². The van der Waals surface area contributed by atoms with E-state index < -0.39 is 11.0 Å². The fourth-order valence-electron chi connectivity index (χ4n) is 1.98. The van der Waals surface area contributed by atoms with Crippen LogP contribution in [-0.2, 0) is 11.0 Å². The molecule has 2 aromatic rings. The van der Waals surface area contributed by atoms with Gasteiger partial charge in [0.05, 0.1) is 28.4 Å². The maximum absolute atomic E-state index is 12.2. The molecular weight excluding hydrogens is 320 g/mol. The lowest BCUT2D eigenvalue weighted by atomic mass is 10.1. The summed E-state index contributed by atoms with van der Waals surface area (Å²) < 4.78 is 20.2. The summed E-state index contributed by atoms with van der Waals surface area (Å²) >= 11 is 6.29. The van der Waals surface area contributed by atoms with E-state index in [0.717, 1.165) is 22.2 Å². The van der Waals surface area contributed by atoms with Crippen molar-refractivity contribution in [3.63, 3.8) is 0 Å². The molecule has 0 spiro atoms. The molecule has 0 saturated heterocycles. The largest absolute Gasteiger partial charge is 0.497 e. The molecule has 0 aliphatic heterocycles. The Balaban J connectivity index is 2.37. The van der Waals surface area contributed by atoms with Gasteiger partial charge in [-0.15, -0.1) is 0 Å². The van der Waals surface area contributed by atoms with Gasteiger partial charge in [0, 0.05) is 17.0 Å². The van der Waals surface area contributed by atoms with Crippen LogP contribution in [0.3, 0.4) is 0 Å². The molecule has 0 bridgehead atoms. The Bertz CT molecular complexity index is 713. The van der Waals surface area contributed by atoms with Gasteiger partial charge in [-0.1, -0.05) is 11.6 Å². The number of pyridine rings is 1. The van der Waals surface area contributed by atoms with Crippen LogP contribution in [0.15, 0.2) is 24.3 Å². The van der Waals surface area contributed by atoms with Crippen molar-refractivity contribution in [2.24, 2.45) is 0 Å². The summed E-state index contributed by atoms with van der Waals surface area (Å²) in [6.45, 7) is 7.70. The third kappa shape index (κ3) is 3.77. The van der Waals surface area contributed by atoms with Crippen LogP contribution >= 0.6 is 11.6 Å². The maximum Gasteiger partial charge on any atom is 0.134 e. The summed E-state index contributed by atoms with van der Waals surface area (Å²) in [5.74, 6) is 0.765. The van der Waals surface area contributed by atoms with Crippen molar-refractivity contribution in [3.05, 3.63) is 35.0 Å². The number of fused-ring (bicyclic) bond motifs is 1. The van der Waals surface area contributed by atoms with Crippen LogP contribution in [0.5, 0.6) is 5.75 Å². The molecule has 4 nitrogen and oxygen atoms in total. The van der Waals surface area contributed by atoms with E-state index in [-0.39, 0.29) is 10.8 Å². The second kappa shape index (κ2) is 6.52. The molecule has 0 aliphatic carbocycles. The van der Waals surface area contributed by atoms with Crippen molar-refractivity contribution in [2.75, 3.05) is 7.11 Å². The average molecular weight is 341 g/mol. The number of nitrogens with zero attached hydrogens (tertiary/aromatic N) is 1. The number of rotatable bonds is 4. The van der Waals surface area contributed by atoms with Gasteiger partial charge in [-0.3, -0.25) is 0 Å². The quantitative estimate of drug-likeness (QED) is 0.855. The molecule has 1 unspecified atom stereocenters. The van der Waals surface area contributed by atoms with Crippen molar-refractivity contribution in [2.45, 2.75) is 38.5 Å². The lowest BCUT2D eigenvalue weighted by Crippen LogP contribution is -2.34. The van der Waals surface area contributed by atoms with E-state index in [4.69, 9.17) is 16.3 Å². The van der Waals surface area contributed by atoms with Gasteiger partial charge in [-0.2, -0.15) is 0 Å². The highest BCUT2D eigenvalue weighted by atomic mass is 35.5. The van der Waals surface area contributed by atoms with Crippen molar-refractivity contribution in [1.82, 2.24) is 9.71 Å². The molecule has 0 fully saturated rings. The van der Waals surface area contributed by atoms with E-state index >= 15 is 0 Å². The first-order valence-corrected chi connectivity index (χ1v) is 8.57. The molecule has 2 rings (SSSR count). The van der Waals surface area contributed by atoms with Crippen LogP contribution in [0, 0.1) is 0 Å². The number of ether oxygens (including phenoxy) is 1. The van der Waals surface area contributed by atoms with Crippen molar-refractivity contribution >= 4 is 33.5 Å². The molecule has 6 heteroatoms. The van der Waals surface area contributed by atoms with Crippen LogP contribution in [0.25, 0.3) is 10.9 Å². The number of benzene rings is 1. The molecule has 22 heavy (non-hydrogen) atoms. The molecule has 1 aromatic heterocycles. The first-order valence-electron chi connectivity index (χ1n) is 7.04. The molecule has 0 radical (unpaired) electrons. The van der Waals surface area contributed by atoms with Crippen molar-refractivity contribution in [1.29, 1.82) is 0 Å². The van der Waals surface area contributed by atoms with E-state index in [1.807, 2.05) is 52.0 Å². The van der Waals surface area contributed by atoms with Crippen LogP contribution in [0.4, 0.5) is 0 Å². The van der Waals surface area contributed by atoms with Gasteiger partial charge < -0.3 is 4.74 Å². The van der Waals surface area contributed by atoms with Crippen molar-refractivity contribution < 1.29 is 8.95 Å². The molecule has 2 atom stereocenters. The van der Waals surface area contributed by atoms with Crippen molar-refractivity contribution in [3.8, 4) is 5.75 Å². The number of hydrogen-bond donors (Lipinski definition) is 1. The van der Waals surface area contributed by atoms with E-state index in [1.165, 1.54) is 0 Å². The Morgan fingerprint density at radius 2 is 2.00 bits per heavy atom. The maximum atomic E-state index is 12.2. The molecule has 1 heterocycles. The SMILES string of the molecule is COc1ccc2nc(Cl)c(C(C)N[S@@](=O)C(C)(C)C)cc2c1. The smallest absolute Gasteiger partial charge is 0.134 e. The summed E-state index contributed by atoms with van der Waals surface area (Å²) in [6.07, 6.45) is 0. The Morgan fingerprint density at radius 3 is 2.59 bits per heavy atom. The molecule has 120 valence electrons. The first kappa shape index (κ1) is 17.2. The first-order chi connectivity index (χ1) is 10.2. The number of methoxy groups -OCH3 is 1. The monoisotopic (exact) mass is 340 g/mol. The second-order valence-corrected chi connectivity index (χ2v) is 8.50. The number of halogens is 1. The van der Waals surface area contributed by atoms with Crippen LogP contribution < -0.4 is 9.46 Å². The van der Waals surface area contributed by atoms with Gasteiger partial charge in [0.25, 0.3) is 0 Å². The lowest BCUT2D eigenvalue weighted by Gasteiger charge is -2.22. The van der Waals surface area contributed by atoms with E-state index in [1.54, 1.807) is 7.11 Å². The Kier molecular flexibility index (Phi) is 5.10. The minimum atomic E-state index is -1.18. The highest BCUT2D eigenvalue weighted by Crippen LogP contribution is 2.28. The van der Waals surface area contributed by atoms with Crippen LogP contribution in [0.1, 0.15) is 39.3 Å². The topological polar surface area (TPSA) is 51.2 Å². The van der Waals surface area contributed by atoms with Gasteiger partial charge in [-0.05, 0) is 52.0 Å². The predicted molar refractivity (Wildman–Crippen MR) is 92.8 cm³/mol. The third-order valence-electron chi connectivity index (χ3n) is 3.31. The van der Waals surface area contributed by atoms with Gasteiger partial charge in [-0.25, -0.2) is 13.9 Å². The average Bonchev–Trinajstić information content (AvgIpc) is 2.44. The number of aromatic nitrogens is 1. The number of nitrogens with one attached hydrogen (secondary N) is 1. The van der Waals surface area contributed by atoms with Gasteiger partial charge in [0.2, 0.25) is 0 Å². The highest BCUT2D eigenvalue weighted by molar-refractivity contribution is 7.84. The lowest BCUT2D eigenvalue weighted by molar-refractivity contribution is 0.415. The van der Waals surface area contributed by atoms with Gasteiger partial charge in [0.1, 0.15) is 10.9 Å². The Hall–Kier alpha value is -1.17. The summed E-state index contributed by atoms with van der Waals surface area (Å²) in [7, 11) is 0.450. The third-order valence-corrected chi connectivity index (χ3v) is 5.29. The molecule has 1 N–H and O–H groups in total.